The molecule has 0 aliphatic carbocycles. The van der Waals surface area contributed by atoms with E-state index < -0.39 is 5.97 Å². The van der Waals surface area contributed by atoms with E-state index in [9.17, 15) is 14.4 Å². The zero-order chi connectivity index (χ0) is 14.3. The molecule has 0 atom stereocenters. The Labute approximate surface area is 110 Å². The second-order valence-electron chi connectivity index (χ2n) is 3.47. The summed E-state index contributed by atoms with van der Waals surface area (Å²) in [5, 5.41) is 2.19. The van der Waals surface area contributed by atoms with E-state index in [2.05, 4.69) is 16.6 Å². The van der Waals surface area contributed by atoms with Crippen molar-refractivity contribution >= 4 is 23.4 Å². The number of ether oxygens (including phenoxy) is 1. The zero-order valence-corrected chi connectivity index (χ0v) is 10.4. The van der Waals surface area contributed by atoms with Crippen LogP contribution in [0.15, 0.2) is 49.1 Å². The number of benzene rings is 1. The summed E-state index contributed by atoms with van der Waals surface area (Å²) in [7, 11) is 1.31. The highest BCUT2D eigenvalue weighted by molar-refractivity contribution is 6.33. The predicted molar refractivity (Wildman–Crippen MR) is 69.8 cm³/mol. The summed E-state index contributed by atoms with van der Waals surface area (Å²) in [6, 6.07) is 9.10. The highest BCUT2D eigenvalue weighted by Gasteiger charge is 2.21. The number of esters is 1. The van der Waals surface area contributed by atoms with Crippen LogP contribution in [0.2, 0.25) is 0 Å². The molecule has 1 aromatic carbocycles. The number of carbonyl (C=O) groups excluding carboxylic acids is 3. The largest absolute Gasteiger partial charge is 0.466 e. The fraction of sp³-hybridized carbons (Fsp3) is 0.0714. The van der Waals surface area contributed by atoms with Crippen molar-refractivity contribution in [3.05, 3.63) is 54.6 Å². The molecule has 19 heavy (non-hydrogen) atoms. The molecular formula is C14H13NO4. The molecule has 98 valence electrons. The Hall–Kier alpha value is -2.69. The lowest BCUT2D eigenvalue weighted by atomic mass is 10.1. The first-order chi connectivity index (χ1) is 9.08. The van der Waals surface area contributed by atoms with Crippen LogP contribution in [0.5, 0.6) is 0 Å². The first-order valence-electron chi connectivity index (χ1n) is 5.41. The quantitative estimate of drug-likeness (QED) is 0.490. The van der Waals surface area contributed by atoms with E-state index in [1.807, 2.05) is 18.2 Å². The first-order valence-corrected chi connectivity index (χ1v) is 5.41. The molecule has 5 nitrogen and oxygen atoms in total. The number of hydrogen-bond donors (Lipinski definition) is 1. The third-order valence-corrected chi connectivity index (χ3v) is 2.21. The van der Waals surface area contributed by atoms with Gasteiger partial charge in [-0.05, 0) is 5.56 Å². The SMILES string of the molecule is C=CC(=O)OC.O=C1C=C(c2ccccc2)C(=O)N1. The molecule has 0 saturated carbocycles. The summed E-state index contributed by atoms with van der Waals surface area (Å²) < 4.78 is 4.14. The molecule has 5 heteroatoms. The Morgan fingerprint density at radius 3 is 2.26 bits per heavy atom. The lowest BCUT2D eigenvalue weighted by Crippen LogP contribution is -2.21. The van der Waals surface area contributed by atoms with Crippen molar-refractivity contribution in [3.8, 4) is 0 Å². The smallest absolute Gasteiger partial charge is 0.329 e. The van der Waals surface area contributed by atoms with Crippen molar-refractivity contribution in [2.75, 3.05) is 7.11 Å². The van der Waals surface area contributed by atoms with E-state index in [0.717, 1.165) is 11.6 Å². The average Bonchev–Trinajstić information content (AvgIpc) is 2.78. The van der Waals surface area contributed by atoms with E-state index in [1.165, 1.54) is 13.2 Å². The van der Waals surface area contributed by atoms with Crippen molar-refractivity contribution in [1.29, 1.82) is 0 Å². The van der Waals surface area contributed by atoms with Crippen LogP contribution in [0.1, 0.15) is 5.56 Å². The highest BCUT2D eigenvalue weighted by Crippen LogP contribution is 2.16. The third kappa shape index (κ3) is 4.23. The van der Waals surface area contributed by atoms with Crippen LogP contribution in [0.3, 0.4) is 0 Å². The van der Waals surface area contributed by atoms with Gasteiger partial charge in [0.15, 0.2) is 0 Å². The van der Waals surface area contributed by atoms with Crippen LogP contribution >= 0.6 is 0 Å². The Morgan fingerprint density at radius 1 is 1.26 bits per heavy atom. The van der Waals surface area contributed by atoms with Gasteiger partial charge in [-0.2, -0.15) is 0 Å². The Kier molecular flexibility index (Phi) is 5.22. The minimum Gasteiger partial charge on any atom is -0.466 e. The summed E-state index contributed by atoms with van der Waals surface area (Å²) in [5.41, 5.74) is 1.21. The number of carbonyl (C=O) groups is 3. The molecule has 1 heterocycles. The van der Waals surface area contributed by atoms with Gasteiger partial charge in [-0.1, -0.05) is 36.9 Å². The van der Waals surface area contributed by atoms with Crippen LogP contribution in [0.4, 0.5) is 0 Å². The van der Waals surface area contributed by atoms with E-state index in [1.54, 1.807) is 12.1 Å². The standard InChI is InChI=1S/C10H7NO2.C4H6O2/c12-9-6-8(10(13)11-9)7-4-2-1-3-5-7;1-3-4(5)6-2/h1-6H,(H,11,12,13);3H,1H2,2H3. The van der Waals surface area contributed by atoms with E-state index >= 15 is 0 Å². The van der Waals surface area contributed by atoms with Crippen LogP contribution in [0, 0.1) is 0 Å². The molecule has 2 rings (SSSR count). The van der Waals surface area contributed by atoms with Crippen LogP contribution in [-0.4, -0.2) is 24.9 Å². The molecule has 0 bridgehead atoms. The maximum Gasteiger partial charge on any atom is 0.329 e. The summed E-state index contributed by atoms with van der Waals surface area (Å²) in [6.45, 7) is 3.16. The molecule has 0 aromatic heterocycles. The van der Waals surface area contributed by atoms with Gasteiger partial charge in [-0.25, -0.2) is 4.79 Å². The summed E-state index contributed by atoms with van der Waals surface area (Å²) in [5.74, 6) is -1.06. The fourth-order valence-corrected chi connectivity index (χ4v) is 1.33. The highest BCUT2D eigenvalue weighted by atomic mass is 16.5. The molecule has 0 saturated heterocycles. The van der Waals surface area contributed by atoms with Crippen molar-refractivity contribution < 1.29 is 19.1 Å². The molecule has 1 aromatic rings. The van der Waals surface area contributed by atoms with E-state index in [0.29, 0.717) is 5.57 Å². The number of imide groups is 1. The number of rotatable bonds is 2. The maximum atomic E-state index is 11.2. The number of amides is 2. The number of nitrogens with one attached hydrogen (secondary N) is 1. The number of hydrogen-bond acceptors (Lipinski definition) is 4. The van der Waals surface area contributed by atoms with Gasteiger partial charge in [0, 0.05) is 12.2 Å². The first kappa shape index (κ1) is 14.4. The fourth-order valence-electron chi connectivity index (χ4n) is 1.33. The third-order valence-electron chi connectivity index (χ3n) is 2.21. The van der Waals surface area contributed by atoms with Crippen molar-refractivity contribution in [1.82, 2.24) is 5.32 Å². The minimum absolute atomic E-state index is 0.323. The molecular weight excluding hydrogens is 246 g/mol. The molecule has 0 fully saturated rings. The summed E-state index contributed by atoms with van der Waals surface area (Å²) in [6.07, 6.45) is 2.43. The second-order valence-corrected chi connectivity index (χ2v) is 3.47. The lowest BCUT2D eigenvalue weighted by molar-refractivity contribution is -0.134. The lowest BCUT2D eigenvalue weighted by Gasteiger charge is -1.97. The van der Waals surface area contributed by atoms with Gasteiger partial charge in [0.2, 0.25) is 0 Å². The van der Waals surface area contributed by atoms with Crippen molar-refractivity contribution in [3.63, 3.8) is 0 Å². The maximum absolute atomic E-state index is 11.2. The van der Waals surface area contributed by atoms with E-state index in [4.69, 9.17) is 0 Å². The molecule has 1 N–H and O–H groups in total. The van der Waals surface area contributed by atoms with Gasteiger partial charge >= 0.3 is 5.97 Å². The number of methoxy groups -OCH3 is 1. The van der Waals surface area contributed by atoms with Crippen LogP contribution in [0.25, 0.3) is 5.57 Å². The zero-order valence-electron chi connectivity index (χ0n) is 10.4. The molecule has 0 radical (unpaired) electrons. The molecule has 0 spiro atoms. The second kappa shape index (κ2) is 6.90. The minimum atomic E-state index is -0.394. The predicted octanol–water partition coefficient (Wildman–Crippen LogP) is 1.07. The normalized spacial score (nSPS) is 12.8. The van der Waals surface area contributed by atoms with Gasteiger partial charge < -0.3 is 4.74 Å². The monoisotopic (exact) mass is 259 g/mol. The average molecular weight is 259 g/mol. The molecule has 2 amide bonds. The summed E-state index contributed by atoms with van der Waals surface area (Å²) >= 11 is 0. The Balaban J connectivity index is 0.000000258. The van der Waals surface area contributed by atoms with Gasteiger partial charge in [0.05, 0.1) is 12.7 Å². The van der Waals surface area contributed by atoms with E-state index in [-0.39, 0.29) is 11.8 Å². The van der Waals surface area contributed by atoms with Crippen molar-refractivity contribution in [2.45, 2.75) is 0 Å². The van der Waals surface area contributed by atoms with Crippen molar-refractivity contribution in [2.24, 2.45) is 0 Å². The molecule has 1 aliphatic heterocycles. The van der Waals surface area contributed by atoms with Gasteiger partial charge in [-0.15, -0.1) is 0 Å². The molecule has 1 aliphatic rings. The summed E-state index contributed by atoms with van der Waals surface area (Å²) in [4.78, 5) is 31.9. The van der Waals surface area contributed by atoms with Gasteiger partial charge in [0.1, 0.15) is 0 Å². The molecule has 0 unspecified atom stereocenters. The van der Waals surface area contributed by atoms with Crippen LogP contribution < -0.4 is 5.32 Å². The van der Waals surface area contributed by atoms with Gasteiger partial charge in [-0.3, -0.25) is 14.9 Å². The Bertz CT molecular complexity index is 532. The Morgan fingerprint density at radius 2 is 1.89 bits per heavy atom. The van der Waals surface area contributed by atoms with Crippen LogP contribution in [-0.2, 0) is 19.1 Å². The van der Waals surface area contributed by atoms with Gasteiger partial charge in [0.25, 0.3) is 11.8 Å². The topological polar surface area (TPSA) is 72.5 Å².